The largest absolute Gasteiger partial charge is 0.494 e. The van der Waals surface area contributed by atoms with Gasteiger partial charge >= 0.3 is 0 Å². The van der Waals surface area contributed by atoms with Crippen LogP contribution in [0, 0.1) is 0 Å². The second-order valence-corrected chi connectivity index (χ2v) is 10.2. The summed E-state index contributed by atoms with van der Waals surface area (Å²) in [5, 5.41) is 0. The number of rotatable bonds is 8. The van der Waals surface area contributed by atoms with Gasteiger partial charge in [-0.25, -0.2) is 8.42 Å². The minimum atomic E-state index is -3.77. The molecule has 4 rings (SSSR count). The molecule has 3 aromatic carbocycles. The number of carbonyl (C=O) groups is 1. The molecule has 0 unspecified atom stereocenters. The van der Waals surface area contributed by atoms with E-state index < -0.39 is 10.0 Å². The van der Waals surface area contributed by atoms with E-state index in [2.05, 4.69) is 21.8 Å². The van der Waals surface area contributed by atoms with Gasteiger partial charge in [0.25, 0.3) is 15.9 Å². The van der Waals surface area contributed by atoms with Crippen molar-refractivity contribution in [1.29, 1.82) is 0 Å². The van der Waals surface area contributed by atoms with E-state index in [0.29, 0.717) is 36.7 Å². The zero-order chi connectivity index (χ0) is 24.7. The molecule has 0 aliphatic carbocycles. The molecule has 0 saturated carbocycles. The highest BCUT2D eigenvalue weighted by molar-refractivity contribution is 7.92. The van der Waals surface area contributed by atoms with Crippen molar-refractivity contribution in [2.24, 2.45) is 0 Å². The maximum atomic E-state index is 13.1. The summed E-state index contributed by atoms with van der Waals surface area (Å²) in [5.74, 6) is 0.602. The summed E-state index contributed by atoms with van der Waals surface area (Å²) < 4.78 is 33.5. The Hall–Kier alpha value is -3.36. The molecule has 0 atom stereocenters. The highest BCUT2D eigenvalue weighted by Crippen LogP contribution is 2.20. The molecule has 1 aliphatic rings. The number of ether oxygens (including phenoxy) is 1. The van der Waals surface area contributed by atoms with Crippen molar-refractivity contribution < 1.29 is 17.9 Å². The summed E-state index contributed by atoms with van der Waals surface area (Å²) >= 11 is 0. The number of benzene rings is 3. The Morgan fingerprint density at radius 3 is 2.29 bits per heavy atom. The maximum absolute atomic E-state index is 13.1. The summed E-state index contributed by atoms with van der Waals surface area (Å²) in [4.78, 5) is 17.4. The maximum Gasteiger partial charge on any atom is 0.261 e. The van der Waals surface area contributed by atoms with E-state index in [1.807, 2.05) is 30.0 Å². The lowest BCUT2D eigenvalue weighted by molar-refractivity contribution is 0.0761. The van der Waals surface area contributed by atoms with E-state index >= 15 is 0 Å². The van der Waals surface area contributed by atoms with E-state index in [-0.39, 0.29) is 10.8 Å². The third kappa shape index (κ3) is 6.61. The molecule has 1 saturated heterocycles. The molecule has 1 heterocycles. The number of nitrogens with one attached hydrogen (secondary N) is 1. The Balaban J connectivity index is 1.36. The van der Waals surface area contributed by atoms with Crippen molar-refractivity contribution in [1.82, 2.24) is 9.80 Å². The monoisotopic (exact) mass is 493 g/mol. The smallest absolute Gasteiger partial charge is 0.261 e. The molecule has 1 N–H and O–H groups in total. The van der Waals surface area contributed by atoms with Gasteiger partial charge in [0.15, 0.2) is 0 Å². The molecule has 0 bridgehead atoms. The summed E-state index contributed by atoms with van der Waals surface area (Å²) in [5.41, 5.74) is 2.20. The summed E-state index contributed by atoms with van der Waals surface area (Å²) in [6, 6.07) is 23.2. The molecule has 184 valence electrons. The van der Waals surface area contributed by atoms with Crippen LogP contribution < -0.4 is 9.46 Å². The number of carbonyl (C=O) groups excluding carboxylic acids is 1. The number of hydrogen-bond acceptors (Lipinski definition) is 5. The van der Waals surface area contributed by atoms with Crippen LogP contribution in [0.5, 0.6) is 5.75 Å². The van der Waals surface area contributed by atoms with E-state index in [0.717, 1.165) is 26.1 Å². The quantitative estimate of drug-likeness (QED) is 0.508. The van der Waals surface area contributed by atoms with Crippen molar-refractivity contribution in [2.45, 2.75) is 24.8 Å². The van der Waals surface area contributed by atoms with E-state index in [1.165, 1.54) is 17.7 Å². The topological polar surface area (TPSA) is 78.9 Å². The number of amides is 1. The average Bonchev–Trinajstić information content (AvgIpc) is 3.11. The molecule has 1 fully saturated rings. The van der Waals surface area contributed by atoms with Crippen LogP contribution in [0.1, 0.15) is 29.3 Å². The standard InChI is InChI=1S/C27H31N3O4S/c1-2-34-25-13-11-24(12-14-25)28-35(32,33)26-15-9-23(10-16-26)27(31)30-18-6-17-29(19-20-30)21-22-7-4-3-5-8-22/h3-5,7-16,28H,2,6,17-21H2,1H3. The fourth-order valence-electron chi connectivity index (χ4n) is 4.13. The van der Waals surface area contributed by atoms with Crippen LogP contribution in [0.15, 0.2) is 83.8 Å². The molecule has 1 aliphatic heterocycles. The van der Waals surface area contributed by atoms with Gasteiger partial charge in [0.2, 0.25) is 0 Å². The van der Waals surface area contributed by atoms with Crippen LogP contribution in [-0.4, -0.2) is 56.9 Å². The molecular weight excluding hydrogens is 462 g/mol. The fourth-order valence-corrected chi connectivity index (χ4v) is 5.19. The van der Waals surface area contributed by atoms with Crippen molar-refractivity contribution >= 4 is 21.6 Å². The van der Waals surface area contributed by atoms with Crippen molar-refractivity contribution in [3.63, 3.8) is 0 Å². The molecule has 1 amide bonds. The summed E-state index contributed by atoms with van der Waals surface area (Å²) in [7, 11) is -3.77. The van der Waals surface area contributed by atoms with Gasteiger partial charge in [-0.2, -0.15) is 0 Å². The summed E-state index contributed by atoms with van der Waals surface area (Å²) in [6.45, 7) is 6.37. The molecule has 7 nitrogen and oxygen atoms in total. The van der Waals surface area contributed by atoms with Gasteiger partial charge in [-0.15, -0.1) is 0 Å². The highest BCUT2D eigenvalue weighted by Gasteiger charge is 2.21. The third-order valence-corrected chi connectivity index (χ3v) is 7.35. The molecule has 3 aromatic rings. The molecular formula is C27H31N3O4S. The Morgan fingerprint density at radius 2 is 1.60 bits per heavy atom. The van der Waals surface area contributed by atoms with Gasteiger partial charge in [-0.05, 0) is 67.4 Å². The van der Waals surface area contributed by atoms with Crippen LogP contribution in [0.3, 0.4) is 0 Å². The van der Waals surface area contributed by atoms with Crippen LogP contribution >= 0.6 is 0 Å². The zero-order valence-corrected chi connectivity index (χ0v) is 20.7. The van der Waals surface area contributed by atoms with Gasteiger partial charge < -0.3 is 9.64 Å². The van der Waals surface area contributed by atoms with Gasteiger partial charge in [0, 0.05) is 44.0 Å². The Bertz CT molecular complexity index is 1210. The average molecular weight is 494 g/mol. The van der Waals surface area contributed by atoms with Crippen molar-refractivity contribution in [2.75, 3.05) is 37.5 Å². The van der Waals surface area contributed by atoms with Gasteiger partial charge in [0.1, 0.15) is 5.75 Å². The molecule has 0 spiro atoms. The van der Waals surface area contributed by atoms with Gasteiger partial charge in [-0.3, -0.25) is 14.4 Å². The van der Waals surface area contributed by atoms with E-state index in [1.54, 1.807) is 36.4 Å². The van der Waals surface area contributed by atoms with Crippen LogP contribution in [0.2, 0.25) is 0 Å². The van der Waals surface area contributed by atoms with E-state index in [9.17, 15) is 13.2 Å². The van der Waals surface area contributed by atoms with E-state index in [4.69, 9.17) is 4.74 Å². The number of sulfonamides is 1. The highest BCUT2D eigenvalue weighted by atomic mass is 32.2. The fraction of sp³-hybridized carbons (Fsp3) is 0.296. The zero-order valence-electron chi connectivity index (χ0n) is 19.9. The van der Waals surface area contributed by atoms with Crippen LogP contribution in [0.4, 0.5) is 5.69 Å². The lowest BCUT2D eigenvalue weighted by Gasteiger charge is -2.22. The van der Waals surface area contributed by atoms with Gasteiger partial charge in [-0.1, -0.05) is 30.3 Å². The Kier molecular flexibility index (Phi) is 8.05. The first-order valence-electron chi connectivity index (χ1n) is 11.9. The normalized spacial score (nSPS) is 14.8. The predicted molar refractivity (Wildman–Crippen MR) is 137 cm³/mol. The minimum absolute atomic E-state index is 0.0741. The number of hydrogen-bond donors (Lipinski definition) is 1. The summed E-state index contributed by atoms with van der Waals surface area (Å²) in [6.07, 6.45) is 0.900. The first-order chi connectivity index (χ1) is 16.9. The lowest BCUT2D eigenvalue weighted by atomic mass is 10.2. The molecule has 0 radical (unpaired) electrons. The van der Waals surface area contributed by atoms with Crippen molar-refractivity contribution in [3.8, 4) is 5.75 Å². The molecule has 35 heavy (non-hydrogen) atoms. The predicted octanol–water partition coefficient (Wildman–Crippen LogP) is 4.23. The van der Waals surface area contributed by atoms with Crippen LogP contribution in [0.25, 0.3) is 0 Å². The lowest BCUT2D eigenvalue weighted by Crippen LogP contribution is -2.35. The first kappa shape index (κ1) is 24.8. The first-order valence-corrected chi connectivity index (χ1v) is 13.3. The Morgan fingerprint density at radius 1 is 0.886 bits per heavy atom. The molecule has 0 aromatic heterocycles. The third-order valence-electron chi connectivity index (χ3n) is 5.95. The number of nitrogens with zero attached hydrogens (tertiary/aromatic N) is 2. The Labute approximate surface area is 207 Å². The van der Waals surface area contributed by atoms with Crippen LogP contribution in [-0.2, 0) is 16.6 Å². The minimum Gasteiger partial charge on any atom is -0.494 e. The number of anilines is 1. The SMILES string of the molecule is CCOc1ccc(NS(=O)(=O)c2ccc(C(=O)N3CCCN(Cc4ccccc4)CC3)cc2)cc1. The molecule has 8 heteroatoms. The van der Waals surface area contributed by atoms with Gasteiger partial charge in [0.05, 0.1) is 11.5 Å². The van der Waals surface area contributed by atoms with Crippen molar-refractivity contribution in [3.05, 3.63) is 90.0 Å². The second kappa shape index (κ2) is 11.4. The second-order valence-electron chi connectivity index (χ2n) is 8.49.